The molecule has 3 aliphatic rings. The Kier molecular flexibility index (Phi) is 7.02. The number of hydrogen-bond donors (Lipinski definition) is 2. The van der Waals surface area contributed by atoms with Crippen molar-refractivity contribution in [3.63, 3.8) is 0 Å². The van der Waals surface area contributed by atoms with E-state index in [2.05, 4.69) is 10.4 Å². The zero-order valence-electron chi connectivity index (χ0n) is 23.2. The van der Waals surface area contributed by atoms with Crippen LogP contribution in [0.5, 0.6) is 5.88 Å². The van der Waals surface area contributed by atoms with Crippen LogP contribution in [-0.4, -0.2) is 78.0 Å². The zero-order chi connectivity index (χ0) is 28.1. The molecule has 2 aromatic rings. The van der Waals surface area contributed by atoms with Crippen molar-refractivity contribution in [1.82, 2.24) is 29.3 Å². The standard InChI is InChI=1S/C28H38N6O5/c1-17(2)15-32-25-21(18(3)30-34(25)27(39)23(26(32)38)24(37)29-20-7-8-20)9-10-22(36)33-14-6-12-28(33)11-5-13-31(16-28)19(4)35/h9-10,17,20,39H,5-8,11-16H2,1-4H3,(H,29,37). The number of amides is 3. The number of aromatic nitrogens is 3. The molecule has 39 heavy (non-hydrogen) atoms. The van der Waals surface area contributed by atoms with Gasteiger partial charge in [-0.1, -0.05) is 13.8 Å². The van der Waals surface area contributed by atoms with Crippen molar-refractivity contribution in [3.8, 4) is 5.88 Å². The second-order valence-electron chi connectivity index (χ2n) is 11.7. The zero-order valence-corrected chi connectivity index (χ0v) is 23.2. The molecule has 2 aromatic heterocycles. The van der Waals surface area contributed by atoms with E-state index in [0.717, 1.165) is 38.5 Å². The molecule has 3 amide bonds. The first kappa shape index (κ1) is 27.0. The molecule has 3 fully saturated rings. The van der Waals surface area contributed by atoms with Crippen LogP contribution in [0.15, 0.2) is 10.9 Å². The van der Waals surface area contributed by atoms with Crippen molar-refractivity contribution in [2.24, 2.45) is 5.92 Å². The van der Waals surface area contributed by atoms with Gasteiger partial charge in [0, 0.05) is 50.8 Å². The number of likely N-dealkylation sites (tertiary alicyclic amines) is 2. The van der Waals surface area contributed by atoms with Crippen LogP contribution in [-0.2, 0) is 16.1 Å². The van der Waals surface area contributed by atoms with Gasteiger partial charge in [0.2, 0.25) is 17.7 Å². The van der Waals surface area contributed by atoms with Gasteiger partial charge in [-0.15, -0.1) is 0 Å². The Bertz CT molecular complexity index is 1420. The van der Waals surface area contributed by atoms with Crippen molar-refractivity contribution in [2.45, 2.75) is 84.3 Å². The van der Waals surface area contributed by atoms with Crippen LogP contribution in [0.2, 0.25) is 0 Å². The summed E-state index contributed by atoms with van der Waals surface area (Å²) in [5, 5.41) is 18.3. The molecule has 2 N–H and O–H groups in total. The summed E-state index contributed by atoms with van der Waals surface area (Å²) in [6.07, 6.45) is 8.31. The monoisotopic (exact) mass is 538 g/mol. The summed E-state index contributed by atoms with van der Waals surface area (Å²) in [5.41, 5.74) is 0.124. The fraction of sp³-hybridized carbons (Fsp3) is 0.607. The third kappa shape index (κ3) is 4.94. The Labute approximate surface area is 227 Å². The summed E-state index contributed by atoms with van der Waals surface area (Å²) in [5.74, 6) is -1.17. The highest BCUT2D eigenvalue weighted by molar-refractivity contribution is 5.97. The molecule has 0 aromatic carbocycles. The molecule has 1 saturated carbocycles. The Hall–Kier alpha value is -3.63. The van der Waals surface area contributed by atoms with Gasteiger partial charge in [0.15, 0.2) is 5.56 Å². The number of carbonyl (C=O) groups is 3. The molecule has 1 spiro atoms. The smallest absolute Gasteiger partial charge is 0.270 e. The van der Waals surface area contributed by atoms with Gasteiger partial charge in [0.25, 0.3) is 11.5 Å². The first-order valence-corrected chi connectivity index (χ1v) is 13.9. The summed E-state index contributed by atoms with van der Waals surface area (Å²) in [6.45, 7) is 9.43. The molecular weight excluding hydrogens is 500 g/mol. The Morgan fingerprint density at radius 2 is 1.87 bits per heavy atom. The number of rotatable bonds is 6. The SMILES string of the molecule is CC(=O)N1CCCC2(CCCN2C(=O)C=Cc2c(C)nn3c(O)c(C(=O)NC4CC4)c(=O)n(CC(C)C)c23)C1. The molecule has 11 heteroatoms. The molecule has 11 nitrogen and oxygen atoms in total. The summed E-state index contributed by atoms with van der Waals surface area (Å²) >= 11 is 0. The predicted octanol–water partition coefficient (Wildman–Crippen LogP) is 2.07. The Balaban J connectivity index is 1.52. The number of nitrogens with zero attached hydrogens (tertiary/aromatic N) is 5. The fourth-order valence-electron chi connectivity index (χ4n) is 6.11. The van der Waals surface area contributed by atoms with Crippen molar-refractivity contribution < 1.29 is 19.5 Å². The van der Waals surface area contributed by atoms with Gasteiger partial charge in [0.05, 0.1) is 11.2 Å². The lowest BCUT2D eigenvalue weighted by atomic mass is 9.86. The summed E-state index contributed by atoms with van der Waals surface area (Å²) in [7, 11) is 0. The van der Waals surface area contributed by atoms with Crippen LogP contribution < -0.4 is 10.9 Å². The number of fused-ring (bicyclic) bond motifs is 1. The average molecular weight is 539 g/mol. The van der Waals surface area contributed by atoms with E-state index in [1.807, 2.05) is 23.6 Å². The highest BCUT2D eigenvalue weighted by Crippen LogP contribution is 2.37. The van der Waals surface area contributed by atoms with E-state index in [1.165, 1.54) is 15.2 Å². The van der Waals surface area contributed by atoms with Crippen molar-refractivity contribution in [2.75, 3.05) is 19.6 Å². The van der Waals surface area contributed by atoms with Gasteiger partial charge in [-0.25, -0.2) is 0 Å². The maximum atomic E-state index is 13.5. The molecule has 4 heterocycles. The van der Waals surface area contributed by atoms with Crippen LogP contribution in [0.3, 0.4) is 0 Å². The molecule has 5 rings (SSSR count). The predicted molar refractivity (Wildman–Crippen MR) is 145 cm³/mol. The first-order chi connectivity index (χ1) is 18.5. The van der Waals surface area contributed by atoms with E-state index in [9.17, 15) is 24.3 Å². The van der Waals surface area contributed by atoms with E-state index in [-0.39, 0.29) is 34.9 Å². The summed E-state index contributed by atoms with van der Waals surface area (Å²) in [4.78, 5) is 55.7. The number of aromatic hydroxyl groups is 1. The number of carbonyl (C=O) groups excluding carboxylic acids is 3. The lowest BCUT2D eigenvalue weighted by Gasteiger charge is -2.45. The lowest BCUT2D eigenvalue weighted by molar-refractivity contribution is -0.139. The lowest BCUT2D eigenvalue weighted by Crippen LogP contribution is -2.57. The first-order valence-electron chi connectivity index (χ1n) is 13.9. The minimum atomic E-state index is -0.605. The molecule has 0 radical (unpaired) electrons. The van der Waals surface area contributed by atoms with Crippen LogP contribution in [0.25, 0.3) is 11.7 Å². The minimum absolute atomic E-state index is 0.0231. The van der Waals surface area contributed by atoms with Gasteiger partial charge in [-0.05, 0) is 57.4 Å². The third-order valence-corrected chi connectivity index (χ3v) is 8.16. The van der Waals surface area contributed by atoms with E-state index in [1.54, 1.807) is 19.9 Å². The van der Waals surface area contributed by atoms with Crippen LogP contribution in [0, 0.1) is 12.8 Å². The number of aryl methyl sites for hydroxylation is 1. The van der Waals surface area contributed by atoms with E-state index >= 15 is 0 Å². The van der Waals surface area contributed by atoms with Crippen LogP contribution in [0.1, 0.15) is 80.9 Å². The van der Waals surface area contributed by atoms with Gasteiger partial charge in [-0.2, -0.15) is 9.61 Å². The highest BCUT2D eigenvalue weighted by atomic mass is 16.3. The number of hydrogen-bond acceptors (Lipinski definition) is 6. The van der Waals surface area contributed by atoms with Gasteiger partial charge >= 0.3 is 0 Å². The Morgan fingerprint density at radius 1 is 1.18 bits per heavy atom. The second kappa shape index (κ2) is 10.2. The number of piperidine rings is 1. The molecule has 2 aliphatic heterocycles. The fourth-order valence-corrected chi connectivity index (χ4v) is 6.11. The highest BCUT2D eigenvalue weighted by Gasteiger charge is 2.46. The van der Waals surface area contributed by atoms with Crippen molar-refractivity contribution in [3.05, 3.63) is 33.3 Å². The topological polar surface area (TPSA) is 129 Å². The average Bonchev–Trinajstić information content (AvgIpc) is 3.50. The molecule has 1 aliphatic carbocycles. The maximum absolute atomic E-state index is 13.5. The molecule has 0 bridgehead atoms. The largest absolute Gasteiger partial charge is 0.492 e. The maximum Gasteiger partial charge on any atom is 0.270 e. The molecular formula is C28H38N6O5. The third-order valence-electron chi connectivity index (χ3n) is 8.16. The molecule has 1 atom stereocenters. The Morgan fingerprint density at radius 3 is 2.51 bits per heavy atom. The summed E-state index contributed by atoms with van der Waals surface area (Å²) < 4.78 is 2.70. The van der Waals surface area contributed by atoms with E-state index in [4.69, 9.17) is 0 Å². The van der Waals surface area contributed by atoms with Gasteiger partial charge in [0.1, 0.15) is 5.65 Å². The molecule has 1 unspecified atom stereocenters. The minimum Gasteiger partial charge on any atom is -0.492 e. The molecule has 210 valence electrons. The van der Waals surface area contributed by atoms with Crippen LogP contribution >= 0.6 is 0 Å². The van der Waals surface area contributed by atoms with Crippen LogP contribution in [0.4, 0.5) is 0 Å². The van der Waals surface area contributed by atoms with E-state index < -0.39 is 17.3 Å². The van der Waals surface area contributed by atoms with Crippen molar-refractivity contribution >= 4 is 29.4 Å². The van der Waals surface area contributed by atoms with Crippen molar-refractivity contribution in [1.29, 1.82) is 0 Å². The quantitative estimate of drug-likeness (QED) is 0.542. The second-order valence-corrected chi connectivity index (χ2v) is 11.7. The normalized spacial score (nSPS) is 21.6. The van der Waals surface area contributed by atoms with E-state index in [0.29, 0.717) is 43.1 Å². The van der Waals surface area contributed by atoms with Gasteiger partial charge < -0.3 is 20.2 Å². The summed E-state index contributed by atoms with van der Waals surface area (Å²) in [6, 6.07) is 0.0231. The molecule has 2 saturated heterocycles. The van der Waals surface area contributed by atoms with Gasteiger partial charge in [-0.3, -0.25) is 23.7 Å². The number of nitrogens with one attached hydrogen (secondary N) is 1.